The Balaban J connectivity index is 1.69. The quantitative estimate of drug-likeness (QED) is 0.815. The second kappa shape index (κ2) is 7.29. The Bertz CT molecular complexity index is 950. The minimum Gasteiger partial charge on any atom is -0.326 e. The highest BCUT2D eigenvalue weighted by molar-refractivity contribution is 7.89. The third-order valence-corrected chi connectivity index (χ3v) is 4.81. The van der Waals surface area contributed by atoms with E-state index in [9.17, 15) is 18.0 Å². The second-order valence-electron chi connectivity index (χ2n) is 6.57. The molecule has 1 aliphatic rings. The van der Waals surface area contributed by atoms with Crippen molar-refractivity contribution in [2.75, 3.05) is 16.9 Å². The van der Waals surface area contributed by atoms with Crippen LogP contribution in [0, 0.1) is 5.92 Å². The molecule has 0 heterocycles. The lowest BCUT2D eigenvalue weighted by atomic mass is 10.1. The van der Waals surface area contributed by atoms with Crippen molar-refractivity contribution in [2.24, 2.45) is 5.92 Å². The predicted molar refractivity (Wildman–Crippen MR) is 101 cm³/mol. The van der Waals surface area contributed by atoms with Gasteiger partial charge in [0.1, 0.15) is 0 Å². The molecule has 3 rings (SSSR count). The van der Waals surface area contributed by atoms with E-state index in [2.05, 4.69) is 10.6 Å². The van der Waals surface area contributed by atoms with Gasteiger partial charge in [-0.15, -0.1) is 0 Å². The van der Waals surface area contributed by atoms with E-state index in [0.29, 0.717) is 22.5 Å². The molecule has 0 radical (unpaired) electrons. The highest BCUT2D eigenvalue weighted by Gasteiger charge is 2.29. The van der Waals surface area contributed by atoms with Crippen LogP contribution < -0.4 is 10.6 Å². The lowest BCUT2D eigenvalue weighted by Crippen LogP contribution is -2.15. The molecule has 0 spiro atoms. The van der Waals surface area contributed by atoms with Crippen LogP contribution in [-0.2, 0) is 20.4 Å². The van der Waals surface area contributed by atoms with Crippen LogP contribution >= 0.6 is 0 Å². The lowest BCUT2D eigenvalue weighted by molar-refractivity contribution is -0.117. The van der Waals surface area contributed by atoms with Crippen molar-refractivity contribution in [1.82, 2.24) is 0 Å². The van der Waals surface area contributed by atoms with Gasteiger partial charge in [-0.2, -0.15) is 0 Å². The normalized spacial score (nSPS) is 13.9. The van der Waals surface area contributed by atoms with Gasteiger partial charge in [-0.1, -0.05) is 18.2 Å². The van der Waals surface area contributed by atoms with Gasteiger partial charge in [0.25, 0.3) is 5.91 Å². The summed E-state index contributed by atoms with van der Waals surface area (Å²) in [4.78, 5) is 24.3. The van der Waals surface area contributed by atoms with Crippen LogP contribution in [0.15, 0.2) is 48.5 Å². The van der Waals surface area contributed by atoms with Crippen molar-refractivity contribution >= 4 is 33.0 Å². The summed E-state index contributed by atoms with van der Waals surface area (Å²) in [7, 11) is -3.17. The Morgan fingerprint density at radius 2 is 1.65 bits per heavy atom. The average Bonchev–Trinajstić information content (AvgIpc) is 3.38. The first-order valence-corrected chi connectivity index (χ1v) is 10.4. The van der Waals surface area contributed by atoms with Gasteiger partial charge in [0, 0.05) is 29.1 Å². The Kier molecular flexibility index (Phi) is 5.08. The summed E-state index contributed by atoms with van der Waals surface area (Å²) >= 11 is 0. The van der Waals surface area contributed by atoms with Crippen molar-refractivity contribution in [3.8, 4) is 0 Å². The molecule has 136 valence electrons. The fraction of sp³-hybridized carbons (Fsp3) is 0.263. The van der Waals surface area contributed by atoms with E-state index in [1.165, 1.54) is 0 Å². The molecular formula is C19H20N2O4S. The van der Waals surface area contributed by atoms with Crippen molar-refractivity contribution in [3.63, 3.8) is 0 Å². The Morgan fingerprint density at radius 3 is 2.31 bits per heavy atom. The molecule has 26 heavy (non-hydrogen) atoms. The number of carbonyl (C=O) groups excluding carboxylic acids is 2. The van der Waals surface area contributed by atoms with Gasteiger partial charge in [-0.25, -0.2) is 8.42 Å². The van der Waals surface area contributed by atoms with E-state index in [-0.39, 0.29) is 23.5 Å². The Hall–Kier alpha value is -2.67. The molecule has 0 saturated heterocycles. The fourth-order valence-electron chi connectivity index (χ4n) is 2.57. The molecule has 2 N–H and O–H groups in total. The van der Waals surface area contributed by atoms with Crippen molar-refractivity contribution in [2.45, 2.75) is 18.6 Å². The van der Waals surface area contributed by atoms with Crippen LogP contribution in [0.25, 0.3) is 0 Å². The van der Waals surface area contributed by atoms with E-state index in [4.69, 9.17) is 0 Å². The first-order chi connectivity index (χ1) is 12.3. The fourth-order valence-corrected chi connectivity index (χ4v) is 3.36. The minimum absolute atomic E-state index is 0.00181. The standard InChI is InChI=1S/C19H20N2O4S/c1-26(24,25)12-13-4-2-5-15(10-13)19(23)21-17-7-3-6-16(11-17)20-18(22)14-8-9-14/h2-7,10-11,14H,8-9,12H2,1H3,(H,20,22)(H,21,23). The zero-order valence-electron chi connectivity index (χ0n) is 14.4. The molecule has 2 aromatic carbocycles. The van der Waals surface area contributed by atoms with E-state index in [1.807, 2.05) is 0 Å². The molecule has 1 fully saturated rings. The molecule has 0 unspecified atom stereocenters. The van der Waals surface area contributed by atoms with Crippen LogP contribution in [0.1, 0.15) is 28.8 Å². The molecule has 2 amide bonds. The van der Waals surface area contributed by atoms with Crippen molar-refractivity contribution in [1.29, 1.82) is 0 Å². The molecular weight excluding hydrogens is 352 g/mol. The Morgan fingerprint density at radius 1 is 1.00 bits per heavy atom. The number of amides is 2. The molecule has 1 aliphatic carbocycles. The maximum atomic E-state index is 12.4. The summed E-state index contributed by atoms with van der Waals surface area (Å²) in [5.74, 6) is -0.352. The van der Waals surface area contributed by atoms with Crippen LogP contribution in [0.4, 0.5) is 11.4 Å². The van der Waals surface area contributed by atoms with Crippen LogP contribution in [0.3, 0.4) is 0 Å². The van der Waals surface area contributed by atoms with Gasteiger partial charge in [0.2, 0.25) is 5.91 Å². The largest absolute Gasteiger partial charge is 0.326 e. The molecule has 6 nitrogen and oxygen atoms in total. The topological polar surface area (TPSA) is 92.3 Å². The van der Waals surface area contributed by atoms with Gasteiger partial charge in [-0.05, 0) is 48.7 Å². The maximum Gasteiger partial charge on any atom is 0.255 e. The number of anilines is 2. The highest BCUT2D eigenvalue weighted by atomic mass is 32.2. The van der Waals surface area contributed by atoms with Crippen molar-refractivity contribution in [3.05, 3.63) is 59.7 Å². The van der Waals surface area contributed by atoms with Crippen LogP contribution in [-0.4, -0.2) is 26.5 Å². The highest BCUT2D eigenvalue weighted by Crippen LogP contribution is 2.30. The average molecular weight is 372 g/mol. The first kappa shape index (κ1) is 18.1. The minimum atomic E-state index is -3.17. The van der Waals surface area contributed by atoms with E-state index in [1.54, 1.807) is 48.5 Å². The lowest BCUT2D eigenvalue weighted by Gasteiger charge is -2.09. The Labute approximate surface area is 152 Å². The summed E-state index contributed by atoms with van der Waals surface area (Å²) in [6.07, 6.45) is 3.00. The third-order valence-electron chi connectivity index (χ3n) is 3.95. The van der Waals surface area contributed by atoms with Gasteiger partial charge in [0.05, 0.1) is 5.75 Å². The molecule has 0 aliphatic heterocycles. The third kappa shape index (κ3) is 5.16. The maximum absolute atomic E-state index is 12.4. The number of benzene rings is 2. The van der Waals surface area contributed by atoms with E-state index >= 15 is 0 Å². The number of hydrogen-bond acceptors (Lipinski definition) is 4. The predicted octanol–water partition coefficient (Wildman–Crippen LogP) is 2.83. The smallest absolute Gasteiger partial charge is 0.255 e. The number of hydrogen-bond donors (Lipinski definition) is 2. The molecule has 0 aromatic heterocycles. The molecule has 7 heteroatoms. The van der Waals surface area contributed by atoms with Gasteiger partial charge >= 0.3 is 0 Å². The zero-order valence-corrected chi connectivity index (χ0v) is 15.2. The summed E-state index contributed by atoms with van der Waals surface area (Å²) in [5, 5.41) is 5.60. The van der Waals surface area contributed by atoms with Gasteiger partial charge < -0.3 is 10.6 Å². The summed E-state index contributed by atoms with van der Waals surface area (Å²) in [5.41, 5.74) is 2.12. The SMILES string of the molecule is CS(=O)(=O)Cc1cccc(C(=O)Nc2cccc(NC(=O)C3CC3)c2)c1. The number of sulfone groups is 1. The molecule has 0 atom stereocenters. The molecule has 1 saturated carbocycles. The number of nitrogens with one attached hydrogen (secondary N) is 2. The number of carbonyl (C=O) groups is 2. The monoisotopic (exact) mass is 372 g/mol. The summed E-state index contributed by atoms with van der Waals surface area (Å²) in [6, 6.07) is 13.5. The number of rotatable bonds is 6. The molecule has 2 aromatic rings. The summed E-state index contributed by atoms with van der Waals surface area (Å²) < 4.78 is 22.8. The van der Waals surface area contributed by atoms with Gasteiger partial charge in [-0.3, -0.25) is 9.59 Å². The summed E-state index contributed by atoms with van der Waals surface area (Å²) in [6.45, 7) is 0. The van der Waals surface area contributed by atoms with Gasteiger partial charge in [0.15, 0.2) is 9.84 Å². The molecule has 0 bridgehead atoms. The van der Waals surface area contributed by atoms with Crippen molar-refractivity contribution < 1.29 is 18.0 Å². The zero-order chi connectivity index (χ0) is 18.7. The second-order valence-corrected chi connectivity index (χ2v) is 8.71. The first-order valence-electron chi connectivity index (χ1n) is 8.29. The van der Waals surface area contributed by atoms with E-state index < -0.39 is 9.84 Å². The van der Waals surface area contributed by atoms with E-state index in [0.717, 1.165) is 19.1 Å². The van der Waals surface area contributed by atoms with Crippen LogP contribution in [0.5, 0.6) is 0 Å². The van der Waals surface area contributed by atoms with Crippen LogP contribution in [0.2, 0.25) is 0 Å².